The molecule has 3 rings (SSSR count). The topological polar surface area (TPSA) is 104 Å². The van der Waals surface area contributed by atoms with Gasteiger partial charge < -0.3 is 9.47 Å². The van der Waals surface area contributed by atoms with Gasteiger partial charge in [0, 0.05) is 24.8 Å². The molecule has 2 aromatic rings. The lowest BCUT2D eigenvalue weighted by Gasteiger charge is -2.22. The molecule has 0 aliphatic carbocycles. The molecule has 1 saturated heterocycles. The molecule has 0 radical (unpaired) electrons. The number of pyridine rings is 1. The number of thiazole rings is 1. The lowest BCUT2D eigenvalue weighted by atomic mass is 10.0. The first-order valence-electron chi connectivity index (χ1n) is 7.17. The van der Waals surface area contributed by atoms with Crippen molar-refractivity contribution in [2.45, 2.75) is 17.7 Å². The highest BCUT2D eigenvalue weighted by Crippen LogP contribution is 2.32. The van der Waals surface area contributed by atoms with Crippen LogP contribution in [0, 0.1) is 5.92 Å². The van der Waals surface area contributed by atoms with Gasteiger partial charge in [-0.1, -0.05) is 0 Å². The number of sulfonamides is 1. The zero-order valence-corrected chi connectivity index (χ0v) is 14.0. The fourth-order valence-electron chi connectivity index (χ4n) is 2.32. The van der Waals surface area contributed by atoms with Crippen LogP contribution in [0.15, 0.2) is 28.7 Å². The number of ether oxygens (including phenoxy) is 2. The molecule has 0 unspecified atom stereocenters. The number of nitrogens with zero attached hydrogens (tertiary/aromatic N) is 2. The molecular weight excluding hydrogens is 338 g/mol. The van der Waals surface area contributed by atoms with E-state index in [9.17, 15) is 8.42 Å². The molecule has 2 N–H and O–H groups in total. The summed E-state index contributed by atoms with van der Waals surface area (Å²) in [4.78, 5) is 8.29. The van der Waals surface area contributed by atoms with Gasteiger partial charge in [0.05, 0.1) is 18.4 Å². The Morgan fingerprint density at radius 2 is 2.13 bits per heavy atom. The van der Waals surface area contributed by atoms with Crippen LogP contribution in [-0.4, -0.2) is 38.2 Å². The van der Waals surface area contributed by atoms with E-state index in [1.54, 1.807) is 11.6 Å². The van der Waals surface area contributed by atoms with Crippen molar-refractivity contribution >= 4 is 21.4 Å². The summed E-state index contributed by atoms with van der Waals surface area (Å²) >= 11 is 1.38. The van der Waals surface area contributed by atoms with Crippen LogP contribution in [-0.2, 0) is 14.8 Å². The first-order chi connectivity index (χ1) is 11.0. The molecule has 0 spiro atoms. The normalized spacial score (nSPS) is 16.4. The molecule has 7 nitrogen and oxygen atoms in total. The fourth-order valence-corrected chi connectivity index (χ4v) is 3.45. The molecule has 0 bridgehead atoms. The number of nitrogens with two attached hydrogens (primary N) is 1. The number of hydrogen-bond acceptors (Lipinski definition) is 7. The van der Waals surface area contributed by atoms with Gasteiger partial charge in [0.1, 0.15) is 9.90 Å². The van der Waals surface area contributed by atoms with Crippen LogP contribution >= 0.6 is 11.3 Å². The first-order valence-corrected chi connectivity index (χ1v) is 9.60. The highest BCUT2D eigenvalue weighted by atomic mass is 32.2. The summed E-state index contributed by atoms with van der Waals surface area (Å²) in [5.41, 5.74) is 0.540. The van der Waals surface area contributed by atoms with Crippen LogP contribution in [0.2, 0.25) is 0 Å². The Hall–Kier alpha value is -1.55. The van der Waals surface area contributed by atoms with E-state index in [1.165, 1.54) is 23.6 Å². The minimum Gasteiger partial charge on any atom is -0.477 e. The maximum absolute atomic E-state index is 11.5. The van der Waals surface area contributed by atoms with Gasteiger partial charge in [-0.15, -0.1) is 11.3 Å². The molecule has 2 aromatic heterocycles. The number of rotatable bonds is 5. The van der Waals surface area contributed by atoms with Gasteiger partial charge in [0.15, 0.2) is 0 Å². The summed E-state index contributed by atoms with van der Waals surface area (Å²) in [6.45, 7) is 2.00. The number of primary sulfonamides is 1. The second kappa shape index (κ2) is 6.91. The third-order valence-electron chi connectivity index (χ3n) is 3.61. The smallest absolute Gasteiger partial charge is 0.239 e. The Morgan fingerprint density at radius 3 is 2.78 bits per heavy atom. The van der Waals surface area contributed by atoms with Crippen LogP contribution < -0.4 is 9.88 Å². The third-order valence-corrected chi connectivity index (χ3v) is 5.30. The second-order valence-corrected chi connectivity index (χ2v) is 7.73. The van der Waals surface area contributed by atoms with Gasteiger partial charge in [0.25, 0.3) is 0 Å². The lowest BCUT2D eigenvalue weighted by molar-refractivity contribution is 0.0491. The number of aromatic nitrogens is 2. The van der Waals surface area contributed by atoms with E-state index in [2.05, 4.69) is 9.97 Å². The zero-order chi connectivity index (χ0) is 16.3. The summed E-state index contributed by atoms with van der Waals surface area (Å²) < 4.78 is 34.2. The lowest BCUT2D eigenvalue weighted by Crippen LogP contribution is -2.22. The van der Waals surface area contributed by atoms with Crippen LogP contribution in [0.4, 0.5) is 0 Å². The van der Waals surface area contributed by atoms with Gasteiger partial charge in [0.2, 0.25) is 15.9 Å². The van der Waals surface area contributed by atoms with Crippen LogP contribution in [0.1, 0.15) is 12.8 Å². The highest BCUT2D eigenvalue weighted by Gasteiger charge is 2.19. The Morgan fingerprint density at radius 1 is 1.35 bits per heavy atom. The molecule has 0 aromatic carbocycles. The van der Waals surface area contributed by atoms with E-state index in [4.69, 9.17) is 14.6 Å². The molecular formula is C14H17N3O4S2. The average Bonchev–Trinajstić information content (AvgIpc) is 3.07. The van der Waals surface area contributed by atoms with E-state index in [0.717, 1.165) is 26.1 Å². The van der Waals surface area contributed by atoms with Crippen molar-refractivity contribution in [2.24, 2.45) is 11.1 Å². The molecule has 1 aliphatic heterocycles. The van der Waals surface area contributed by atoms with Crippen LogP contribution in [0.5, 0.6) is 5.88 Å². The van der Waals surface area contributed by atoms with E-state index in [0.29, 0.717) is 29.0 Å². The molecule has 9 heteroatoms. The Balaban J connectivity index is 1.86. The molecule has 3 heterocycles. The summed E-state index contributed by atoms with van der Waals surface area (Å²) in [5, 5.41) is 7.63. The van der Waals surface area contributed by atoms with E-state index in [1.807, 2.05) is 0 Å². The predicted octanol–water partition coefficient (Wildman–Crippen LogP) is 1.66. The van der Waals surface area contributed by atoms with Crippen molar-refractivity contribution in [2.75, 3.05) is 19.8 Å². The van der Waals surface area contributed by atoms with Gasteiger partial charge >= 0.3 is 0 Å². The Kier molecular flexibility index (Phi) is 4.90. The maximum Gasteiger partial charge on any atom is 0.239 e. The average molecular weight is 355 g/mol. The van der Waals surface area contributed by atoms with Gasteiger partial charge in [-0.05, 0) is 24.8 Å². The molecule has 0 amide bonds. The molecule has 23 heavy (non-hydrogen) atoms. The van der Waals surface area contributed by atoms with Crippen molar-refractivity contribution in [1.82, 2.24) is 9.97 Å². The molecule has 1 aliphatic rings. The molecule has 0 atom stereocenters. The predicted molar refractivity (Wildman–Crippen MR) is 85.8 cm³/mol. The van der Waals surface area contributed by atoms with E-state index in [-0.39, 0.29) is 4.90 Å². The highest BCUT2D eigenvalue weighted by molar-refractivity contribution is 7.89. The second-order valence-electron chi connectivity index (χ2n) is 5.27. The van der Waals surface area contributed by atoms with Crippen LogP contribution in [0.25, 0.3) is 10.6 Å². The third kappa shape index (κ3) is 4.05. The standard InChI is InChI=1S/C14H17N3O4S2/c15-23(18,19)11-7-12(14-16-3-6-22-14)13(17-8-11)21-9-10-1-4-20-5-2-10/h3,6-8,10H,1-2,4-5,9H2,(H2,15,18,19). The van der Waals surface area contributed by atoms with Crippen molar-refractivity contribution in [3.63, 3.8) is 0 Å². The monoisotopic (exact) mass is 355 g/mol. The van der Waals surface area contributed by atoms with Crippen LogP contribution in [0.3, 0.4) is 0 Å². The summed E-state index contributed by atoms with van der Waals surface area (Å²) in [5.74, 6) is 0.784. The van der Waals surface area contributed by atoms with Crippen molar-refractivity contribution in [3.05, 3.63) is 23.8 Å². The van der Waals surface area contributed by atoms with Crippen molar-refractivity contribution in [1.29, 1.82) is 0 Å². The molecule has 0 saturated carbocycles. The van der Waals surface area contributed by atoms with E-state index >= 15 is 0 Å². The fraction of sp³-hybridized carbons (Fsp3) is 0.429. The SMILES string of the molecule is NS(=O)(=O)c1cnc(OCC2CCOCC2)c(-c2nccs2)c1. The summed E-state index contributed by atoms with van der Waals surface area (Å²) in [6.07, 6.45) is 4.75. The molecule has 124 valence electrons. The Labute approximate surface area is 138 Å². The van der Waals surface area contributed by atoms with Gasteiger partial charge in [-0.25, -0.2) is 23.5 Å². The first kappa shape index (κ1) is 16.3. The van der Waals surface area contributed by atoms with Crippen molar-refractivity contribution in [3.8, 4) is 16.5 Å². The summed E-state index contributed by atoms with van der Waals surface area (Å²) in [7, 11) is -3.83. The Bertz CT molecular complexity index is 756. The molecule has 1 fully saturated rings. The minimum atomic E-state index is -3.83. The quantitative estimate of drug-likeness (QED) is 0.874. The van der Waals surface area contributed by atoms with Crippen molar-refractivity contribution < 1.29 is 17.9 Å². The number of hydrogen-bond donors (Lipinski definition) is 1. The van der Waals surface area contributed by atoms with Gasteiger partial charge in [-0.2, -0.15) is 0 Å². The largest absolute Gasteiger partial charge is 0.477 e. The minimum absolute atomic E-state index is 0.0545. The van der Waals surface area contributed by atoms with E-state index < -0.39 is 10.0 Å². The van der Waals surface area contributed by atoms with Gasteiger partial charge in [-0.3, -0.25) is 0 Å². The maximum atomic E-state index is 11.5. The summed E-state index contributed by atoms with van der Waals surface area (Å²) in [6, 6.07) is 1.46. The zero-order valence-electron chi connectivity index (χ0n) is 12.3.